The van der Waals surface area contributed by atoms with Crippen LogP contribution in [-0.4, -0.2) is 16.8 Å². The van der Waals surface area contributed by atoms with Crippen LogP contribution in [0.15, 0.2) is 48.8 Å². The molecule has 0 saturated carbocycles. The van der Waals surface area contributed by atoms with Crippen molar-refractivity contribution in [1.29, 1.82) is 0 Å². The molecular weight excluding hydrogens is 290 g/mol. The highest BCUT2D eigenvalue weighted by Gasteiger charge is 2.07. The summed E-state index contributed by atoms with van der Waals surface area (Å²) in [5, 5.41) is 0.659. The molecule has 0 unspecified atom stereocenters. The fourth-order valence-electron chi connectivity index (χ4n) is 1.67. The molecule has 0 radical (unpaired) electrons. The first kappa shape index (κ1) is 15.0. The molecular formula is C15H14ClN3O2. The third kappa shape index (κ3) is 4.89. The zero-order valence-electron chi connectivity index (χ0n) is 11.2. The van der Waals surface area contributed by atoms with E-state index in [1.54, 1.807) is 30.5 Å². The van der Waals surface area contributed by atoms with Crippen molar-refractivity contribution in [3.8, 4) is 0 Å². The van der Waals surface area contributed by atoms with Crippen molar-refractivity contribution in [1.82, 2.24) is 15.8 Å². The number of nitrogens with one attached hydrogen (secondary N) is 2. The summed E-state index contributed by atoms with van der Waals surface area (Å²) in [5.74, 6) is -0.662. The minimum Gasteiger partial charge on any atom is -0.273 e. The number of hydrogen-bond donors (Lipinski definition) is 2. The Labute approximate surface area is 127 Å². The van der Waals surface area contributed by atoms with Gasteiger partial charge in [-0.05, 0) is 36.2 Å². The van der Waals surface area contributed by atoms with Gasteiger partial charge in [0.15, 0.2) is 0 Å². The Morgan fingerprint density at radius 1 is 1.10 bits per heavy atom. The lowest BCUT2D eigenvalue weighted by Crippen LogP contribution is -2.41. The fraction of sp³-hybridized carbons (Fsp3) is 0.133. The van der Waals surface area contributed by atoms with Crippen molar-refractivity contribution >= 4 is 23.4 Å². The molecule has 0 bridgehead atoms. The molecule has 0 aliphatic carbocycles. The van der Waals surface area contributed by atoms with Gasteiger partial charge >= 0.3 is 0 Å². The maximum atomic E-state index is 11.7. The first-order valence-corrected chi connectivity index (χ1v) is 6.76. The van der Waals surface area contributed by atoms with Gasteiger partial charge in [-0.25, -0.2) is 0 Å². The Morgan fingerprint density at radius 3 is 2.52 bits per heavy atom. The predicted molar refractivity (Wildman–Crippen MR) is 79.6 cm³/mol. The van der Waals surface area contributed by atoms with Gasteiger partial charge in [0, 0.05) is 23.8 Å². The molecule has 2 amide bonds. The highest BCUT2D eigenvalue weighted by atomic mass is 35.5. The number of carbonyl (C=O) groups is 2. The number of nitrogens with zero attached hydrogens (tertiary/aromatic N) is 1. The van der Waals surface area contributed by atoms with E-state index in [9.17, 15) is 9.59 Å². The molecule has 5 nitrogen and oxygen atoms in total. The number of aromatic nitrogens is 1. The smallest absolute Gasteiger partial charge is 0.271 e. The maximum absolute atomic E-state index is 11.7. The van der Waals surface area contributed by atoms with Crippen molar-refractivity contribution in [2.45, 2.75) is 12.8 Å². The molecule has 2 N–H and O–H groups in total. The molecule has 0 atom stereocenters. The van der Waals surface area contributed by atoms with Crippen LogP contribution < -0.4 is 10.9 Å². The number of rotatable bonds is 4. The minimum absolute atomic E-state index is 0.262. The van der Waals surface area contributed by atoms with E-state index in [2.05, 4.69) is 15.8 Å². The number of hydrogen-bond acceptors (Lipinski definition) is 3. The second kappa shape index (κ2) is 7.40. The number of benzene rings is 1. The van der Waals surface area contributed by atoms with Gasteiger partial charge in [-0.15, -0.1) is 0 Å². The van der Waals surface area contributed by atoms with Gasteiger partial charge in [0.1, 0.15) is 0 Å². The quantitative estimate of drug-likeness (QED) is 0.850. The first-order chi connectivity index (χ1) is 10.1. The van der Waals surface area contributed by atoms with E-state index in [1.807, 2.05) is 12.1 Å². The molecule has 0 spiro atoms. The second-order valence-electron chi connectivity index (χ2n) is 4.37. The Hall–Kier alpha value is -2.40. The van der Waals surface area contributed by atoms with Gasteiger partial charge in [-0.3, -0.25) is 25.4 Å². The van der Waals surface area contributed by atoms with E-state index in [4.69, 9.17) is 11.6 Å². The molecule has 1 heterocycles. The SMILES string of the molecule is O=C(CCc1ccc(Cl)cc1)NNC(=O)c1cccnc1. The topological polar surface area (TPSA) is 71.1 Å². The second-order valence-corrected chi connectivity index (χ2v) is 4.81. The number of hydrazine groups is 1. The van der Waals surface area contributed by atoms with Gasteiger partial charge in [0.05, 0.1) is 5.56 Å². The van der Waals surface area contributed by atoms with Gasteiger partial charge in [-0.1, -0.05) is 23.7 Å². The highest BCUT2D eigenvalue weighted by molar-refractivity contribution is 6.30. The maximum Gasteiger partial charge on any atom is 0.271 e. The third-order valence-electron chi connectivity index (χ3n) is 2.79. The predicted octanol–water partition coefficient (Wildman–Crippen LogP) is 2.13. The lowest BCUT2D eigenvalue weighted by molar-refractivity contribution is -0.121. The van der Waals surface area contributed by atoms with Crippen LogP contribution in [0.4, 0.5) is 0 Å². The first-order valence-electron chi connectivity index (χ1n) is 6.39. The Kier molecular flexibility index (Phi) is 5.29. The Morgan fingerprint density at radius 2 is 1.86 bits per heavy atom. The summed E-state index contributed by atoms with van der Waals surface area (Å²) < 4.78 is 0. The summed E-state index contributed by atoms with van der Waals surface area (Å²) >= 11 is 5.79. The third-order valence-corrected chi connectivity index (χ3v) is 3.05. The van der Waals surface area contributed by atoms with Gasteiger partial charge in [-0.2, -0.15) is 0 Å². The minimum atomic E-state index is -0.400. The number of pyridine rings is 1. The molecule has 2 aromatic rings. The molecule has 0 saturated heterocycles. The van der Waals surface area contributed by atoms with Crippen LogP contribution in [0.3, 0.4) is 0 Å². The molecule has 2 rings (SSSR count). The van der Waals surface area contributed by atoms with E-state index >= 15 is 0 Å². The monoisotopic (exact) mass is 303 g/mol. The average Bonchev–Trinajstić information content (AvgIpc) is 2.53. The number of aryl methyl sites for hydroxylation is 1. The van der Waals surface area contributed by atoms with Crippen LogP contribution in [-0.2, 0) is 11.2 Å². The van der Waals surface area contributed by atoms with Crippen LogP contribution in [0.5, 0.6) is 0 Å². The summed E-state index contributed by atoms with van der Waals surface area (Å²) in [4.78, 5) is 27.2. The zero-order chi connectivity index (χ0) is 15.1. The van der Waals surface area contributed by atoms with Crippen molar-refractivity contribution < 1.29 is 9.59 Å². The van der Waals surface area contributed by atoms with Crippen molar-refractivity contribution in [3.63, 3.8) is 0 Å². The van der Waals surface area contributed by atoms with Crippen molar-refractivity contribution in [2.24, 2.45) is 0 Å². The summed E-state index contributed by atoms with van der Waals surface area (Å²) in [6.07, 6.45) is 3.84. The Balaban J connectivity index is 1.75. The number of amides is 2. The van der Waals surface area contributed by atoms with Crippen LogP contribution in [0.1, 0.15) is 22.3 Å². The molecule has 0 aliphatic heterocycles. The molecule has 108 valence electrons. The van der Waals surface area contributed by atoms with Crippen LogP contribution in [0.25, 0.3) is 0 Å². The van der Waals surface area contributed by atoms with Gasteiger partial charge in [0.2, 0.25) is 5.91 Å². The highest BCUT2D eigenvalue weighted by Crippen LogP contribution is 2.10. The molecule has 21 heavy (non-hydrogen) atoms. The van der Waals surface area contributed by atoms with Crippen molar-refractivity contribution in [2.75, 3.05) is 0 Å². The lowest BCUT2D eigenvalue weighted by Gasteiger charge is -2.07. The fourth-order valence-corrected chi connectivity index (χ4v) is 1.79. The van der Waals surface area contributed by atoms with E-state index in [-0.39, 0.29) is 12.3 Å². The van der Waals surface area contributed by atoms with Crippen LogP contribution >= 0.6 is 11.6 Å². The van der Waals surface area contributed by atoms with Gasteiger partial charge < -0.3 is 0 Å². The summed E-state index contributed by atoms with van der Waals surface area (Å²) in [5.41, 5.74) is 6.11. The molecule has 1 aromatic heterocycles. The molecule has 1 aromatic carbocycles. The summed E-state index contributed by atoms with van der Waals surface area (Å²) in [7, 11) is 0. The zero-order valence-corrected chi connectivity index (χ0v) is 11.9. The number of halogens is 1. The average molecular weight is 304 g/mol. The summed E-state index contributed by atoms with van der Waals surface area (Å²) in [6.45, 7) is 0. The molecule has 0 fully saturated rings. The summed E-state index contributed by atoms with van der Waals surface area (Å²) in [6, 6.07) is 10.5. The van der Waals surface area contributed by atoms with Crippen LogP contribution in [0.2, 0.25) is 5.02 Å². The number of carbonyl (C=O) groups excluding carboxylic acids is 2. The van der Waals surface area contributed by atoms with Crippen LogP contribution in [0, 0.1) is 0 Å². The van der Waals surface area contributed by atoms with E-state index < -0.39 is 5.91 Å². The Bertz CT molecular complexity index is 615. The van der Waals surface area contributed by atoms with Crippen molar-refractivity contribution in [3.05, 3.63) is 64.9 Å². The standard InChI is InChI=1S/C15H14ClN3O2/c16-13-6-3-11(4-7-13)5-8-14(20)18-19-15(21)12-2-1-9-17-10-12/h1-4,6-7,9-10H,5,8H2,(H,18,20)(H,19,21). The molecule has 0 aliphatic rings. The van der Waals surface area contributed by atoms with E-state index in [1.165, 1.54) is 6.20 Å². The van der Waals surface area contributed by atoms with E-state index in [0.717, 1.165) is 5.56 Å². The lowest BCUT2D eigenvalue weighted by atomic mass is 10.1. The van der Waals surface area contributed by atoms with E-state index in [0.29, 0.717) is 17.0 Å². The largest absolute Gasteiger partial charge is 0.273 e. The van der Waals surface area contributed by atoms with Gasteiger partial charge in [0.25, 0.3) is 5.91 Å². The normalized spacial score (nSPS) is 9.95. The molecule has 6 heteroatoms.